The summed E-state index contributed by atoms with van der Waals surface area (Å²) in [6.45, 7) is 7.73. The van der Waals surface area contributed by atoms with E-state index in [9.17, 15) is 0 Å². The van der Waals surface area contributed by atoms with Crippen LogP contribution in [-0.2, 0) is 6.42 Å². The molecule has 1 N–H and O–H groups in total. The van der Waals surface area contributed by atoms with Gasteiger partial charge >= 0.3 is 0 Å². The van der Waals surface area contributed by atoms with Crippen molar-refractivity contribution in [3.63, 3.8) is 0 Å². The number of thiophene rings is 1. The summed E-state index contributed by atoms with van der Waals surface area (Å²) in [5.74, 6) is 0. The van der Waals surface area contributed by atoms with Crippen LogP contribution < -0.4 is 5.32 Å². The summed E-state index contributed by atoms with van der Waals surface area (Å²) in [5, 5.41) is 6.51. The number of hydrogen-bond donors (Lipinski definition) is 1. The Morgan fingerprint density at radius 3 is 2.56 bits per heavy atom. The molecule has 0 radical (unpaired) electrons. The molecule has 0 aliphatic carbocycles. The Bertz CT molecular complexity index is 301. The summed E-state index contributed by atoms with van der Waals surface area (Å²) in [5.41, 5.74) is 0.247. The maximum absolute atomic E-state index is 6.04. The van der Waals surface area contributed by atoms with Gasteiger partial charge in [0.2, 0.25) is 0 Å². The Morgan fingerprint density at radius 2 is 2.00 bits per heavy atom. The lowest BCUT2D eigenvalue weighted by Gasteiger charge is -2.20. The third kappa shape index (κ3) is 5.88. The molecule has 0 amide bonds. The quantitative estimate of drug-likeness (QED) is 0.742. The molecule has 3 heteroatoms. The summed E-state index contributed by atoms with van der Waals surface area (Å²) >= 11 is 7.81. The van der Waals surface area contributed by atoms with Gasteiger partial charge in [-0.05, 0) is 58.0 Å². The van der Waals surface area contributed by atoms with Crippen LogP contribution in [0.4, 0.5) is 0 Å². The Morgan fingerprint density at radius 1 is 1.25 bits per heavy atom. The Kier molecular flexibility index (Phi) is 5.81. The highest BCUT2D eigenvalue weighted by Crippen LogP contribution is 2.23. The summed E-state index contributed by atoms with van der Waals surface area (Å²) in [4.78, 5) is 1.34. The van der Waals surface area contributed by atoms with Crippen molar-refractivity contribution in [2.75, 3.05) is 6.54 Å². The van der Waals surface area contributed by atoms with Crippen LogP contribution in [0.3, 0.4) is 0 Å². The molecule has 0 unspecified atom stereocenters. The van der Waals surface area contributed by atoms with E-state index in [1.165, 1.54) is 24.1 Å². The van der Waals surface area contributed by atoms with Gasteiger partial charge in [0, 0.05) is 10.4 Å². The molecule has 0 aromatic carbocycles. The van der Waals surface area contributed by atoms with Crippen LogP contribution in [0.2, 0.25) is 5.02 Å². The van der Waals surface area contributed by atoms with Crippen molar-refractivity contribution < 1.29 is 0 Å². The number of hydrogen-bond acceptors (Lipinski definition) is 2. The molecule has 0 bridgehead atoms. The molecular weight excluding hydrogens is 238 g/mol. The molecule has 16 heavy (non-hydrogen) atoms. The van der Waals surface area contributed by atoms with Gasteiger partial charge in [0.05, 0.1) is 5.02 Å². The fourth-order valence-corrected chi connectivity index (χ4v) is 2.73. The van der Waals surface area contributed by atoms with Gasteiger partial charge in [0.25, 0.3) is 0 Å². The van der Waals surface area contributed by atoms with Gasteiger partial charge in [-0.1, -0.05) is 18.0 Å². The minimum Gasteiger partial charge on any atom is -0.312 e. The zero-order valence-electron chi connectivity index (χ0n) is 10.5. The number of halogens is 1. The minimum absolute atomic E-state index is 0.247. The van der Waals surface area contributed by atoms with Crippen molar-refractivity contribution >= 4 is 22.9 Å². The van der Waals surface area contributed by atoms with E-state index in [4.69, 9.17) is 11.6 Å². The van der Waals surface area contributed by atoms with E-state index >= 15 is 0 Å². The number of nitrogens with one attached hydrogen (secondary N) is 1. The van der Waals surface area contributed by atoms with Crippen LogP contribution in [0.15, 0.2) is 11.4 Å². The molecule has 1 rings (SSSR count). The third-order valence-electron chi connectivity index (χ3n) is 2.43. The van der Waals surface area contributed by atoms with E-state index in [-0.39, 0.29) is 5.54 Å². The van der Waals surface area contributed by atoms with E-state index < -0.39 is 0 Å². The van der Waals surface area contributed by atoms with E-state index in [1.807, 2.05) is 6.07 Å². The van der Waals surface area contributed by atoms with Gasteiger partial charge in [-0.15, -0.1) is 11.3 Å². The van der Waals surface area contributed by atoms with E-state index in [0.29, 0.717) is 0 Å². The fraction of sp³-hybridized carbons (Fsp3) is 0.692. The van der Waals surface area contributed by atoms with Crippen LogP contribution in [0, 0.1) is 0 Å². The SMILES string of the molecule is CC(C)(C)NCCCCCc1sccc1Cl. The number of unbranched alkanes of at least 4 members (excludes halogenated alkanes) is 2. The zero-order valence-corrected chi connectivity index (χ0v) is 12.0. The minimum atomic E-state index is 0.247. The fourth-order valence-electron chi connectivity index (χ4n) is 1.55. The zero-order chi connectivity index (χ0) is 12.0. The molecule has 0 saturated heterocycles. The van der Waals surface area contributed by atoms with Crippen LogP contribution in [0.1, 0.15) is 44.9 Å². The standard InChI is InChI=1S/C13H22ClNS/c1-13(2,3)15-9-6-4-5-7-12-11(14)8-10-16-12/h8,10,15H,4-7,9H2,1-3H3. The third-order valence-corrected chi connectivity index (χ3v) is 3.87. The molecule has 0 atom stereocenters. The summed E-state index contributed by atoms with van der Waals surface area (Å²) in [7, 11) is 0. The van der Waals surface area contributed by atoms with E-state index in [2.05, 4.69) is 31.5 Å². The Labute approximate surface area is 108 Å². The first kappa shape index (κ1) is 14.0. The molecule has 1 nitrogen and oxygen atoms in total. The van der Waals surface area contributed by atoms with Crippen LogP contribution in [0.5, 0.6) is 0 Å². The van der Waals surface area contributed by atoms with E-state index in [0.717, 1.165) is 18.0 Å². The van der Waals surface area contributed by atoms with Crippen molar-refractivity contribution in [3.8, 4) is 0 Å². The number of aryl methyl sites for hydroxylation is 1. The molecule has 0 spiro atoms. The smallest absolute Gasteiger partial charge is 0.0544 e. The largest absolute Gasteiger partial charge is 0.312 e. The van der Waals surface area contributed by atoms with Crippen LogP contribution in [0.25, 0.3) is 0 Å². The molecule has 0 saturated carbocycles. The Hall–Kier alpha value is -0.0500. The summed E-state index contributed by atoms with van der Waals surface area (Å²) in [6, 6.07) is 1.99. The highest BCUT2D eigenvalue weighted by molar-refractivity contribution is 7.10. The maximum Gasteiger partial charge on any atom is 0.0544 e. The van der Waals surface area contributed by atoms with Crippen molar-refractivity contribution in [1.82, 2.24) is 5.32 Å². The second-order valence-electron chi connectivity index (χ2n) is 5.18. The maximum atomic E-state index is 6.04. The van der Waals surface area contributed by atoms with Gasteiger partial charge in [0.1, 0.15) is 0 Å². The van der Waals surface area contributed by atoms with Crippen LogP contribution in [-0.4, -0.2) is 12.1 Å². The molecular formula is C13H22ClNS. The number of rotatable bonds is 6. The molecule has 92 valence electrons. The molecule has 1 aromatic rings. The first-order chi connectivity index (χ1) is 7.49. The molecule has 1 aromatic heterocycles. The van der Waals surface area contributed by atoms with Crippen LogP contribution >= 0.6 is 22.9 Å². The highest BCUT2D eigenvalue weighted by Gasteiger charge is 2.07. The molecule has 0 aliphatic heterocycles. The monoisotopic (exact) mass is 259 g/mol. The molecule has 0 aliphatic rings. The predicted octanol–water partition coefficient (Wildman–Crippen LogP) is 4.50. The van der Waals surface area contributed by atoms with E-state index in [1.54, 1.807) is 11.3 Å². The summed E-state index contributed by atoms with van der Waals surface area (Å²) in [6.07, 6.45) is 4.90. The lowest BCUT2D eigenvalue weighted by atomic mass is 10.1. The van der Waals surface area contributed by atoms with Crippen molar-refractivity contribution in [2.45, 2.75) is 52.0 Å². The molecule has 0 fully saturated rings. The Balaban J connectivity index is 2.03. The van der Waals surface area contributed by atoms with Gasteiger partial charge in [0.15, 0.2) is 0 Å². The van der Waals surface area contributed by atoms with Crippen molar-refractivity contribution in [1.29, 1.82) is 0 Å². The first-order valence-corrected chi connectivity index (χ1v) is 7.22. The second-order valence-corrected chi connectivity index (χ2v) is 6.59. The lowest BCUT2D eigenvalue weighted by molar-refractivity contribution is 0.417. The highest BCUT2D eigenvalue weighted by atomic mass is 35.5. The van der Waals surface area contributed by atoms with Crippen molar-refractivity contribution in [2.24, 2.45) is 0 Å². The topological polar surface area (TPSA) is 12.0 Å². The van der Waals surface area contributed by atoms with Gasteiger partial charge < -0.3 is 5.32 Å². The average molecular weight is 260 g/mol. The average Bonchev–Trinajstić information content (AvgIpc) is 2.56. The first-order valence-electron chi connectivity index (χ1n) is 5.96. The van der Waals surface area contributed by atoms with Gasteiger partial charge in [-0.25, -0.2) is 0 Å². The second kappa shape index (κ2) is 6.63. The lowest BCUT2D eigenvalue weighted by Crippen LogP contribution is -2.36. The summed E-state index contributed by atoms with van der Waals surface area (Å²) < 4.78 is 0. The van der Waals surface area contributed by atoms with Crippen molar-refractivity contribution in [3.05, 3.63) is 21.3 Å². The predicted molar refractivity (Wildman–Crippen MR) is 74.6 cm³/mol. The van der Waals surface area contributed by atoms with Gasteiger partial charge in [-0.3, -0.25) is 0 Å². The van der Waals surface area contributed by atoms with Gasteiger partial charge in [-0.2, -0.15) is 0 Å². The normalized spacial score (nSPS) is 12.0. The molecule has 1 heterocycles.